The van der Waals surface area contributed by atoms with E-state index in [1.165, 1.54) is 21.9 Å². The van der Waals surface area contributed by atoms with E-state index in [1.54, 1.807) is 25.1 Å². The predicted octanol–water partition coefficient (Wildman–Crippen LogP) is 3.56. The Hall–Kier alpha value is -2.52. The number of hydrogen-bond donors (Lipinski definition) is 1. The standard InChI is InChI=1S/C21H25FN4O3S/c1-3-16-23-21-26(24-16)19(27)18(30-21)17(14-9-5-6-10-15(14)22)25-11-7-8-13(12-25)20(28)29-4-2/h5-6,9-10,13,17,27H,3-4,7-8,11-12H2,1-2H3. The highest BCUT2D eigenvalue weighted by molar-refractivity contribution is 7.17. The molecule has 1 aliphatic heterocycles. The lowest BCUT2D eigenvalue weighted by Gasteiger charge is -2.37. The van der Waals surface area contributed by atoms with Gasteiger partial charge in [0.15, 0.2) is 5.82 Å². The van der Waals surface area contributed by atoms with Crippen LogP contribution in [0.5, 0.6) is 5.88 Å². The van der Waals surface area contributed by atoms with Crippen LogP contribution >= 0.6 is 11.3 Å². The molecule has 0 aliphatic carbocycles. The number of rotatable bonds is 6. The molecular weight excluding hydrogens is 407 g/mol. The summed E-state index contributed by atoms with van der Waals surface area (Å²) in [5, 5.41) is 15.3. The molecule has 1 aromatic carbocycles. The maximum Gasteiger partial charge on any atom is 0.310 e. The van der Waals surface area contributed by atoms with E-state index in [4.69, 9.17) is 4.74 Å². The predicted molar refractivity (Wildman–Crippen MR) is 111 cm³/mol. The second-order valence-corrected chi connectivity index (χ2v) is 8.39. The largest absolute Gasteiger partial charge is 0.492 e. The van der Waals surface area contributed by atoms with Gasteiger partial charge < -0.3 is 9.84 Å². The number of halogens is 1. The molecule has 2 aromatic heterocycles. The van der Waals surface area contributed by atoms with Crippen molar-refractivity contribution in [3.63, 3.8) is 0 Å². The van der Waals surface area contributed by atoms with Crippen molar-refractivity contribution in [1.82, 2.24) is 19.5 Å². The Balaban J connectivity index is 1.76. The average molecular weight is 433 g/mol. The molecule has 2 atom stereocenters. The highest BCUT2D eigenvalue weighted by atomic mass is 32.1. The van der Waals surface area contributed by atoms with Gasteiger partial charge in [-0.2, -0.15) is 4.52 Å². The van der Waals surface area contributed by atoms with E-state index in [2.05, 4.69) is 15.0 Å². The zero-order chi connectivity index (χ0) is 21.3. The van der Waals surface area contributed by atoms with E-state index in [0.717, 1.165) is 12.8 Å². The molecule has 4 rings (SSSR count). The Morgan fingerprint density at radius 2 is 2.20 bits per heavy atom. The Kier molecular flexibility index (Phi) is 6.01. The van der Waals surface area contributed by atoms with Gasteiger partial charge in [0.1, 0.15) is 5.82 Å². The van der Waals surface area contributed by atoms with Gasteiger partial charge in [-0.05, 0) is 32.4 Å². The molecule has 0 radical (unpaired) electrons. The number of fused-ring (bicyclic) bond motifs is 1. The van der Waals surface area contributed by atoms with Crippen LogP contribution in [0, 0.1) is 11.7 Å². The minimum Gasteiger partial charge on any atom is -0.492 e. The van der Waals surface area contributed by atoms with Gasteiger partial charge in [-0.15, -0.1) is 5.10 Å². The number of thiazole rings is 1. The molecule has 0 bridgehead atoms. The second kappa shape index (κ2) is 8.69. The van der Waals surface area contributed by atoms with Gasteiger partial charge in [0.05, 0.1) is 23.4 Å². The van der Waals surface area contributed by atoms with Crippen molar-refractivity contribution in [3.8, 4) is 5.88 Å². The number of aromatic nitrogens is 3. The molecule has 3 aromatic rings. The van der Waals surface area contributed by atoms with Crippen LogP contribution in [-0.4, -0.2) is 50.3 Å². The minimum atomic E-state index is -0.540. The van der Waals surface area contributed by atoms with Crippen LogP contribution in [0.25, 0.3) is 4.96 Å². The summed E-state index contributed by atoms with van der Waals surface area (Å²) in [4.78, 5) is 20.0. The molecule has 7 nitrogen and oxygen atoms in total. The fraction of sp³-hybridized carbons (Fsp3) is 0.476. The van der Waals surface area contributed by atoms with Crippen molar-refractivity contribution >= 4 is 22.3 Å². The van der Waals surface area contributed by atoms with Crippen molar-refractivity contribution < 1.29 is 19.0 Å². The molecule has 3 heterocycles. The van der Waals surface area contributed by atoms with Crippen LogP contribution in [-0.2, 0) is 16.0 Å². The van der Waals surface area contributed by atoms with E-state index in [9.17, 15) is 14.3 Å². The number of aryl methyl sites for hydroxylation is 1. The molecule has 0 saturated carbocycles. The molecular formula is C21H25FN4O3S. The van der Waals surface area contributed by atoms with E-state index in [0.29, 0.717) is 47.3 Å². The summed E-state index contributed by atoms with van der Waals surface area (Å²) in [7, 11) is 0. The monoisotopic (exact) mass is 432 g/mol. The SMILES string of the molecule is CCOC(=O)C1CCCN(C(c2ccccc2F)c2sc3nc(CC)nn3c2O)C1. The number of hydrogen-bond acceptors (Lipinski definition) is 7. The van der Waals surface area contributed by atoms with Gasteiger partial charge >= 0.3 is 5.97 Å². The lowest BCUT2D eigenvalue weighted by atomic mass is 9.94. The number of esters is 1. The Labute approximate surface area is 178 Å². The van der Waals surface area contributed by atoms with Crippen molar-refractivity contribution in [1.29, 1.82) is 0 Å². The zero-order valence-corrected chi connectivity index (χ0v) is 17.9. The number of ether oxygens (including phenoxy) is 1. The summed E-state index contributed by atoms with van der Waals surface area (Å²) in [5.74, 6) is -0.245. The highest BCUT2D eigenvalue weighted by Gasteiger charge is 2.36. The van der Waals surface area contributed by atoms with Crippen LogP contribution in [0.3, 0.4) is 0 Å². The number of carbonyl (C=O) groups is 1. The third-order valence-electron chi connectivity index (χ3n) is 5.45. The Morgan fingerprint density at radius 1 is 1.40 bits per heavy atom. The summed E-state index contributed by atoms with van der Waals surface area (Å²) < 4.78 is 21.5. The normalized spacial score (nSPS) is 18.6. The van der Waals surface area contributed by atoms with Crippen molar-refractivity contribution in [2.45, 2.75) is 39.2 Å². The van der Waals surface area contributed by atoms with Crippen molar-refractivity contribution in [2.75, 3.05) is 19.7 Å². The van der Waals surface area contributed by atoms with E-state index >= 15 is 0 Å². The number of nitrogens with zero attached hydrogens (tertiary/aromatic N) is 4. The maximum absolute atomic E-state index is 14.9. The first-order chi connectivity index (χ1) is 14.5. The highest BCUT2D eigenvalue weighted by Crippen LogP contribution is 2.42. The van der Waals surface area contributed by atoms with Crippen LogP contribution in [0.1, 0.15) is 49.0 Å². The maximum atomic E-state index is 14.9. The van der Waals surface area contributed by atoms with Gasteiger partial charge in [-0.25, -0.2) is 9.37 Å². The fourth-order valence-electron chi connectivity index (χ4n) is 4.01. The van der Waals surface area contributed by atoms with Gasteiger partial charge in [0.25, 0.3) is 0 Å². The smallest absolute Gasteiger partial charge is 0.310 e. The molecule has 0 spiro atoms. The van der Waals surface area contributed by atoms with Crippen LogP contribution in [0.4, 0.5) is 4.39 Å². The minimum absolute atomic E-state index is 0.0336. The van der Waals surface area contributed by atoms with Gasteiger partial charge in [-0.3, -0.25) is 9.69 Å². The molecule has 1 fully saturated rings. The van der Waals surface area contributed by atoms with Gasteiger partial charge in [0.2, 0.25) is 10.8 Å². The van der Waals surface area contributed by atoms with E-state index in [1.807, 2.05) is 6.92 Å². The molecule has 2 unspecified atom stereocenters. The summed E-state index contributed by atoms with van der Waals surface area (Å²) in [6.07, 6.45) is 2.18. The molecule has 1 aliphatic rings. The molecule has 160 valence electrons. The lowest BCUT2D eigenvalue weighted by molar-refractivity contribution is -0.150. The summed E-state index contributed by atoms with van der Waals surface area (Å²) in [6, 6.07) is 6.02. The second-order valence-electron chi connectivity index (χ2n) is 7.38. The quantitative estimate of drug-likeness (QED) is 0.600. The van der Waals surface area contributed by atoms with Crippen LogP contribution < -0.4 is 0 Å². The van der Waals surface area contributed by atoms with Crippen molar-refractivity contribution in [3.05, 3.63) is 46.3 Å². The fourth-order valence-corrected chi connectivity index (χ4v) is 5.14. The topological polar surface area (TPSA) is 80.0 Å². The lowest BCUT2D eigenvalue weighted by Crippen LogP contribution is -2.41. The number of likely N-dealkylation sites (tertiary alicyclic amines) is 1. The number of carbonyl (C=O) groups excluding carboxylic acids is 1. The summed E-state index contributed by atoms with van der Waals surface area (Å²) in [6.45, 7) is 5.19. The average Bonchev–Trinajstić information content (AvgIpc) is 3.29. The molecule has 1 saturated heterocycles. The Bertz CT molecular complexity index is 1050. The first kappa shape index (κ1) is 20.7. The third-order valence-corrected chi connectivity index (χ3v) is 6.52. The molecule has 1 N–H and O–H groups in total. The van der Waals surface area contributed by atoms with Crippen LogP contribution in [0.2, 0.25) is 0 Å². The third kappa shape index (κ3) is 3.79. The first-order valence-electron chi connectivity index (χ1n) is 10.3. The van der Waals surface area contributed by atoms with Crippen LogP contribution in [0.15, 0.2) is 24.3 Å². The van der Waals surface area contributed by atoms with Gasteiger partial charge in [-0.1, -0.05) is 36.5 Å². The number of aromatic hydroxyl groups is 1. The van der Waals surface area contributed by atoms with E-state index < -0.39 is 6.04 Å². The van der Waals surface area contributed by atoms with Crippen molar-refractivity contribution in [2.24, 2.45) is 5.92 Å². The zero-order valence-electron chi connectivity index (χ0n) is 17.0. The Morgan fingerprint density at radius 3 is 2.90 bits per heavy atom. The molecule has 0 amide bonds. The first-order valence-corrected chi connectivity index (χ1v) is 11.1. The van der Waals surface area contributed by atoms with Gasteiger partial charge in [0, 0.05) is 18.5 Å². The van der Waals surface area contributed by atoms with E-state index in [-0.39, 0.29) is 23.6 Å². The summed E-state index contributed by atoms with van der Waals surface area (Å²) >= 11 is 1.30. The molecule has 9 heteroatoms. The summed E-state index contributed by atoms with van der Waals surface area (Å²) in [5.41, 5.74) is 0.456. The number of piperidine rings is 1. The molecule has 30 heavy (non-hydrogen) atoms. The number of benzene rings is 1.